The molecule has 3 aliphatic rings. The van der Waals surface area contributed by atoms with Crippen LogP contribution in [0, 0.1) is 5.92 Å². The molecule has 4 N–H and O–H groups in total. The molecule has 3 amide bonds. The fraction of sp³-hybridized carbons (Fsp3) is 0.371. The molecule has 4 aromatic rings. The molecule has 11 heteroatoms. The van der Waals surface area contributed by atoms with Crippen molar-refractivity contribution in [3.05, 3.63) is 101 Å². The van der Waals surface area contributed by atoms with E-state index in [9.17, 15) is 18.0 Å². The van der Waals surface area contributed by atoms with Crippen molar-refractivity contribution in [2.24, 2.45) is 5.92 Å². The second kappa shape index (κ2) is 12.1. The molecule has 2 heterocycles. The smallest absolute Gasteiger partial charge is 0.315 e. The summed E-state index contributed by atoms with van der Waals surface area (Å²) in [5.74, 6) is 0.374. The summed E-state index contributed by atoms with van der Waals surface area (Å²) in [4.78, 5) is 35.7. The van der Waals surface area contributed by atoms with E-state index >= 15 is 0 Å². The molecule has 3 aliphatic carbocycles. The maximum absolute atomic E-state index is 13.8. The lowest BCUT2D eigenvalue weighted by molar-refractivity contribution is 0.0935. The second-order valence-corrected chi connectivity index (χ2v) is 14.8. The number of pyridine rings is 2. The number of carbonyl (C=O) groups excluding carboxylic acids is 2. The lowest BCUT2D eigenvalue weighted by Crippen LogP contribution is -2.39. The summed E-state index contributed by atoms with van der Waals surface area (Å²) in [7, 11) is -3.91. The maximum Gasteiger partial charge on any atom is 0.315 e. The number of nitrogens with zero attached hydrogens (tertiary/aromatic N) is 2. The van der Waals surface area contributed by atoms with E-state index in [0.29, 0.717) is 34.2 Å². The van der Waals surface area contributed by atoms with Gasteiger partial charge in [0.15, 0.2) is 0 Å². The van der Waals surface area contributed by atoms with Crippen LogP contribution in [0.5, 0.6) is 0 Å². The number of aromatic nitrogens is 2. The van der Waals surface area contributed by atoms with Crippen LogP contribution in [-0.2, 0) is 10.0 Å². The van der Waals surface area contributed by atoms with Crippen molar-refractivity contribution in [3.63, 3.8) is 0 Å². The first-order valence-electron chi connectivity index (χ1n) is 16.0. The van der Waals surface area contributed by atoms with Crippen LogP contribution >= 0.6 is 0 Å². The van der Waals surface area contributed by atoms with Crippen LogP contribution in [0.2, 0.25) is 0 Å². The predicted molar refractivity (Wildman–Crippen MR) is 175 cm³/mol. The number of amides is 3. The largest absolute Gasteiger partial charge is 0.345 e. The quantitative estimate of drug-likeness (QED) is 0.188. The molecular formula is C35H38N6O4S. The Morgan fingerprint density at radius 3 is 2.43 bits per heavy atom. The van der Waals surface area contributed by atoms with Crippen LogP contribution in [0.25, 0.3) is 10.8 Å². The van der Waals surface area contributed by atoms with Crippen LogP contribution in [0.4, 0.5) is 4.79 Å². The average molecular weight is 639 g/mol. The standard InChI is InChI=1S/C35H38N6O4S/c1-20(2)17-38-46(44,45)32-15-26-30(39-34(42)23-9-6-12-36-18-23)16-31(33(26)27-19-37-28(14-25(27)32)22-10-11-22)41-35(43)40-29-13-24(29)21-7-4-3-5-8-21/h3-9,12,14-15,18-20,22,24,29-31,38H,10-11,13,16-17H2,1-2H3,(H,39,42)(H2,40,41,43)/t24?,29?,30-,31-/m1/s1. The van der Waals surface area contributed by atoms with Gasteiger partial charge in [0.05, 0.1) is 22.5 Å². The van der Waals surface area contributed by atoms with E-state index in [-0.39, 0.29) is 41.3 Å². The molecule has 2 saturated carbocycles. The Morgan fingerprint density at radius 1 is 0.913 bits per heavy atom. The minimum absolute atomic E-state index is 0.0309. The molecule has 2 fully saturated rings. The molecule has 2 unspecified atom stereocenters. The Labute approximate surface area is 268 Å². The van der Waals surface area contributed by atoms with E-state index in [4.69, 9.17) is 4.98 Å². The van der Waals surface area contributed by atoms with Gasteiger partial charge in [-0.05, 0) is 72.6 Å². The molecule has 2 aromatic carbocycles. The van der Waals surface area contributed by atoms with Crippen LogP contribution in [-0.4, -0.2) is 42.9 Å². The van der Waals surface area contributed by atoms with Crippen LogP contribution in [0.15, 0.2) is 78.1 Å². The molecule has 4 atom stereocenters. The molecule has 7 rings (SSSR count). The highest BCUT2D eigenvalue weighted by Crippen LogP contribution is 2.47. The molecule has 10 nitrogen and oxygen atoms in total. The molecule has 0 spiro atoms. The summed E-state index contributed by atoms with van der Waals surface area (Å²) in [5, 5.41) is 10.6. The van der Waals surface area contributed by atoms with Crippen LogP contribution < -0.4 is 20.7 Å². The lowest BCUT2D eigenvalue weighted by Gasteiger charge is -2.19. The molecule has 0 saturated heterocycles. The van der Waals surface area contributed by atoms with E-state index < -0.39 is 22.1 Å². The Balaban J connectivity index is 1.25. The van der Waals surface area contributed by atoms with Gasteiger partial charge in [-0.15, -0.1) is 0 Å². The molecule has 0 bridgehead atoms. The van der Waals surface area contributed by atoms with Crippen molar-refractivity contribution < 1.29 is 18.0 Å². The summed E-state index contributed by atoms with van der Waals surface area (Å²) < 4.78 is 30.4. The average Bonchev–Trinajstić information content (AvgIpc) is 3.99. The number of hydrogen-bond donors (Lipinski definition) is 4. The zero-order chi connectivity index (χ0) is 32.0. The second-order valence-electron chi connectivity index (χ2n) is 13.1. The van der Waals surface area contributed by atoms with Crippen molar-refractivity contribution in [1.29, 1.82) is 0 Å². The molecule has 2 aromatic heterocycles. The first-order valence-corrected chi connectivity index (χ1v) is 17.4. The number of fused-ring (bicyclic) bond motifs is 3. The van der Waals surface area contributed by atoms with Gasteiger partial charge in [0.2, 0.25) is 10.0 Å². The van der Waals surface area contributed by atoms with Crippen molar-refractivity contribution in [2.75, 3.05) is 6.54 Å². The summed E-state index contributed by atoms with van der Waals surface area (Å²) in [6.45, 7) is 4.19. The summed E-state index contributed by atoms with van der Waals surface area (Å²) in [6, 6.07) is 15.7. The lowest BCUT2D eigenvalue weighted by atomic mass is 9.98. The Morgan fingerprint density at radius 2 is 1.72 bits per heavy atom. The maximum atomic E-state index is 13.8. The third-order valence-electron chi connectivity index (χ3n) is 9.11. The van der Waals surface area contributed by atoms with Gasteiger partial charge in [-0.3, -0.25) is 14.8 Å². The Bertz CT molecular complexity index is 1900. The summed E-state index contributed by atoms with van der Waals surface area (Å²) in [6.07, 6.45) is 8.09. The van der Waals surface area contributed by atoms with Gasteiger partial charge in [-0.25, -0.2) is 17.9 Å². The van der Waals surface area contributed by atoms with Gasteiger partial charge in [0.25, 0.3) is 5.91 Å². The molecule has 0 aliphatic heterocycles. The van der Waals surface area contributed by atoms with E-state index in [0.717, 1.165) is 30.5 Å². The SMILES string of the molecule is CC(C)CNS(=O)(=O)c1cc2c(c3cnc(C4CC4)cc13)[C@H](NC(=O)NC1CC1c1ccccc1)C[C@H]2NC(=O)c1cccnc1. The topological polar surface area (TPSA) is 142 Å². The third kappa shape index (κ3) is 6.21. The fourth-order valence-corrected chi connectivity index (χ4v) is 7.93. The zero-order valence-corrected chi connectivity index (χ0v) is 26.7. The zero-order valence-electron chi connectivity index (χ0n) is 25.9. The van der Waals surface area contributed by atoms with Gasteiger partial charge in [-0.2, -0.15) is 0 Å². The van der Waals surface area contributed by atoms with Gasteiger partial charge >= 0.3 is 6.03 Å². The first-order chi connectivity index (χ1) is 22.2. The van der Waals surface area contributed by atoms with Gasteiger partial charge in [0, 0.05) is 59.5 Å². The third-order valence-corrected chi connectivity index (χ3v) is 10.6. The summed E-state index contributed by atoms with van der Waals surface area (Å²) in [5.41, 5.74) is 3.88. The first kappa shape index (κ1) is 30.3. The number of carbonyl (C=O) groups is 2. The van der Waals surface area contributed by atoms with Crippen molar-refractivity contribution in [3.8, 4) is 0 Å². The van der Waals surface area contributed by atoms with Crippen LogP contribution in [0.1, 0.15) is 96.2 Å². The minimum Gasteiger partial charge on any atom is -0.345 e. The highest BCUT2D eigenvalue weighted by Gasteiger charge is 2.41. The van der Waals surface area contributed by atoms with Gasteiger partial charge < -0.3 is 16.0 Å². The van der Waals surface area contributed by atoms with E-state index in [1.54, 1.807) is 30.6 Å². The fourth-order valence-electron chi connectivity index (χ4n) is 6.48. The van der Waals surface area contributed by atoms with E-state index in [1.165, 1.54) is 11.8 Å². The predicted octanol–water partition coefficient (Wildman–Crippen LogP) is 5.21. The van der Waals surface area contributed by atoms with Crippen molar-refractivity contribution in [2.45, 2.75) is 74.4 Å². The van der Waals surface area contributed by atoms with Crippen molar-refractivity contribution in [1.82, 2.24) is 30.6 Å². The number of sulfonamides is 1. The number of rotatable bonds is 10. The number of benzene rings is 2. The molecule has 238 valence electrons. The minimum atomic E-state index is -3.91. The van der Waals surface area contributed by atoms with E-state index in [2.05, 4.69) is 37.8 Å². The monoisotopic (exact) mass is 638 g/mol. The molecule has 46 heavy (non-hydrogen) atoms. The number of urea groups is 1. The highest BCUT2D eigenvalue weighted by molar-refractivity contribution is 7.89. The van der Waals surface area contributed by atoms with Gasteiger partial charge in [0.1, 0.15) is 0 Å². The van der Waals surface area contributed by atoms with E-state index in [1.807, 2.05) is 38.1 Å². The molecular weight excluding hydrogens is 600 g/mol. The Kier molecular flexibility index (Phi) is 7.98. The molecule has 0 radical (unpaired) electrons. The highest BCUT2D eigenvalue weighted by atomic mass is 32.2. The summed E-state index contributed by atoms with van der Waals surface area (Å²) >= 11 is 0. The number of nitrogens with one attached hydrogen (secondary N) is 4. The number of hydrogen-bond acceptors (Lipinski definition) is 6. The van der Waals surface area contributed by atoms with Crippen LogP contribution in [0.3, 0.4) is 0 Å². The normalized spacial score (nSPS) is 22.0. The Hall–Kier alpha value is -4.35. The van der Waals surface area contributed by atoms with Crippen molar-refractivity contribution >= 4 is 32.7 Å². The van der Waals surface area contributed by atoms with Gasteiger partial charge in [-0.1, -0.05) is 44.2 Å².